The first-order valence-corrected chi connectivity index (χ1v) is 3.98. The summed E-state index contributed by atoms with van der Waals surface area (Å²) in [6.07, 6.45) is -4.57. The standard InChI is InChI=1S/C7H10F3N3O/c1-3(4(2)11)5-12-6(13-14-5)7(8,9)10/h3-4H,11H2,1-2H3. The van der Waals surface area contributed by atoms with Crippen LogP contribution >= 0.6 is 0 Å². The van der Waals surface area contributed by atoms with Crippen molar-refractivity contribution in [1.82, 2.24) is 10.1 Å². The lowest BCUT2D eigenvalue weighted by atomic mass is 10.1. The molecule has 0 spiro atoms. The van der Waals surface area contributed by atoms with Gasteiger partial charge in [0.2, 0.25) is 5.89 Å². The van der Waals surface area contributed by atoms with Gasteiger partial charge in [0.15, 0.2) is 0 Å². The number of halogens is 3. The predicted octanol–water partition coefficient (Wildman–Crippen LogP) is 1.54. The number of rotatable bonds is 2. The normalized spacial score (nSPS) is 16.7. The lowest BCUT2D eigenvalue weighted by Gasteiger charge is -2.09. The van der Waals surface area contributed by atoms with Crippen molar-refractivity contribution in [3.8, 4) is 0 Å². The van der Waals surface area contributed by atoms with Crippen molar-refractivity contribution in [1.29, 1.82) is 0 Å². The lowest BCUT2D eigenvalue weighted by molar-refractivity contribution is -0.146. The number of alkyl halides is 3. The van der Waals surface area contributed by atoms with Gasteiger partial charge in [0, 0.05) is 6.04 Å². The van der Waals surface area contributed by atoms with Gasteiger partial charge in [-0.05, 0) is 6.92 Å². The Morgan fingerprint density at radius 3 is 2.29 bits per heavy atom. The van der Waals surface area contributed by atoms with Crippen LogP contribution in [0.1, 0.15) is 31.5 Å². The smallest absolute Gasteiger partial charge is 0.339 e. The summed E-state index contributed by atoms with van der Waals surface area (Å²) in [5.41, 5.74) is 5.48. The van der Waals surface area contributed by atoms with Gasteiger partial charge in [0.1, 0.15) is 0 Å². The Hall–Kier alpha value is -1.11. The highest BCUT2D eigenvalue weighted by molar-refractivity contribution is 4.97. The van der Waals surface area contributed by atoms with Gasteiger partial charge in [-0.15, -0.1) is 0 Å². The van der Waals surface area contributed by atoms with E-state index < -0.39 is 17.9 Å². The first-order valence-electron chi connectivity index (χ1n) is 3.98. The van der Waals surface area contributed by atoms with Crippen molar-refractivity contribution in [2.45, 2.75) is 32.0 Å². The van der Waals surface area contributed by atoms with Crippen LogP contribution in [0.25, 0.3) is 0 Å². The third kappa shape index (κ3) is 2.22. The Bertz CT molecular complexity index is 307. The van der Waals surface area contributed by atoms with Gasteiger partial charge in [-0.1, -0.05) is 12.1 Å². The minimum Gasteiger partial charge on any atom is -0.339 e. The zero-order valence-electron chi connectivity index (χ0n) is 7.67. The molecule has 1 heterocycles. The molecule has 0 aliphatic rings. The Balaban J connectivity index is 2.89. The molecule has 0 aliphatic heterocycles. The monoisotopic (exact) mass is 209 g/mol. The van der Waals surface area contributed by atoms with Gasteiger partial charge >= 0.3 is 6.18 Å². The van der Waals surface area contributed by atoms with Gasteiger partial charge in [-0.2, -0.15) is 18.2 Å². The van der Waals surface area contributed by atoms with Crippen LogP contribution in [0.15, 0.2) is 4.52 Å². The molecule has 14 heavy (non-hydrogen) atoms. The summed E-state index contributed by atoms with van der Waals surface area (Å²) in [5, 5.41) is 2.82. The summed E-state index contributed by atoms with van der Waals surface area (Å²) in [4.78, 5) is 3.22. The molecule has 0 amide bonds. The molecule has 2 atom stereocenters. The van der Waals surface area contributed by atoms with E-state index in [1.165, 1.54) is 0 Å². The number of hydrogen-bond acceptors (Lipinski definition) is 4. The van der Waals surface area contributed by atoms with E-state index in [1.54, 1.807) is 13.8 Å². The van der Waals surface area contributed by atoms with E-state index in [1.807, 2.05) is 0 Å². The quantitative estimate of drug-likeness (QED) is 0.802. The second-order valence-electron chi connectivity index (χ2n) is 3.10. The minimum atomic E-state index is -4.57. The van der Waals surface area contributed by atoms with Crippen molar-refractivity contribution in [3.05, 3.63) is 11.7 Å². The summed E-state index contributed by atoms with van der Waals surface area (Å²) in [7, 11) is 0. The molecule has 0 aromatic carbocycles. The topological polar surface area (TPSA) is 64.9 Å². The predicted molar refractivity (Wildman–Crippen MR) is 41.4 cm³/mol. The van der Waals surface area contributed by atoms with E-state index in [2.05, 4.69) is 14.7 Å². The van der Waals surface area contributed by atoms with Gasteiger partial charge in [0.05, 0.1) is 5.92 Å². The van der Waals surface area contributed by atoms with Gasteiger partial charge in [-0.25, -0.2) is 0 Å². The molecule has 2 N–H and O–H groups in total. The second-order valence-corrected chi connectivity index (χ2v) is 3.10. The van der Waals surface area contributed by atoms with Crippen molar-refractivity contribution in [2.24, 2.45) is 5.73 Å². The number of nitrogens with two attached hydrogens (primary N) is 1. The molecular weight excluding hydrogens is 199 g/mol. The first-order chi connectivity index (χ1) is 6.32. The van der Waals surface area contributed by atoms with Gasteiger partial charge in [0.25, 0.3) is 5.82 Å². The van der Waals surface area contributed by atoms with Crippen LogP contribution in [0.3, 0.4) is 0 Å². The van der Waals surface area contributed by atoms with E-state index in [-0.39, 0.29) is 11.9 Å². The zero-order valence-corrected chi connectivity index (χ0v) is 7.67. The number of aromatic nitrogens is 2. The maximum atomic E-state index is 12.0. The van der Waals surface area contributed by atoms with Crippen molar-refractivity contribution in [3.63, 3.8) is 0 Å². The summed E-state index contributed by atoms with van der Waals surface area (Å²) in [6, 6.07) is -0.337. The van der Waals surface area contributed by atoms with Crippen molar-refractivity contribution in [2.75, 3.05) is 0 Å². The molecule has 0 aliphatic carbocycles. The van der Waals surface area contributed by atoms with Crippen LogP contribution in [-0.2, 0) is 6.18 Å². The van der Waals surface area contributed by atoms with Crippen LogP contribution in [0.2, 0.25) is 0 Å². The van der Waals surface area contributed by atoms with Crippen LogP contribution < -0.4 is 5.73 Å². The van der Waals surface area contributed by atoms with E-state index in [4.69, 9.17) is 5.73 Å². The lowest BCUT2D eigenvalue weighted by Crippen LogP contribution is -2.22. The average Bonchev–Trinajstić information content (AvgIpc) is 2.49. The first kappa shape index (κ1) is 11.0. The largest absolute Gasteiger partial charge is 0.455 e. The highest BCUT2D eigenvalue weighted by Gasteiger charge is 2.37. The van der Waals surface area contributed by atoms with Crippen LogP contribution in [-0.4, -0.2) is 16.2 Å². The third-order valence-electron chi connectivity index (χ3n) is 1.87. The molecule has 0 bridgehead atoms. The summed E-state index contributed by atoms with van der Waals surface area (Å²) in [6.45, 7) is 3.28. The fourth-order valence-electron chi connectivity index (χ4n) is 0.760. The Labute approximate surface area is 78.3 Å². The molecule has 1 rings (SSSR count). The van der Waals surface area contributed by atoms with E-state index in [9.17, 15) is 13.2 Å². The molecule has 0 saturated carbocycles. The summed E-state index contributed by atoms with van der Waals surface area (Å²) < 4.78 is 40.6. The molecule has 4 nitrogen and oxygen atoms in total. The summed E-state index contributed by atoms with van der Waals surface area (Å²) in [5.74, 6) is -1.74. The third-order valence-corrected chi connectivity index (χ3v) is 1.87. The molecule has 2 unspecified atom stereocenters. The Kier molecular flexibility index (Phi) is 2.79. The van der Waals surface area contributed by atoms with Crippen LogP contribution in [0.5, 0.6) is 0 Å². The van der Waals surface area contributed by atoms with Gasteiger partial charge < -0.3 is 10.3 Å². The Morgan fingerprint density at radius 2 is 1.93 bits per heavy atom. The number of nitrogens with zero attached hydrogens (tertiary/aromatic N) is 2. The van der Waals surface area contributed by atoms with E-state index in [0.29, 0.717) is 0 Å². The van der Waals surface area contributed by atoms with Crippen molar-refractivity contribution < 1.29 is 17.7 Å². The van der Waals surface area contributed by atoms with Crippen LogP contribution in [0.4, 0.5) is 13.2 Å². The fraction of sp³-hybridized carbons (Fsp3) is 0.714. The molecule has 1 aromatic rings. The highest BCUT2D eigenvalue weighted by atomic mass is 19.4. The minimum absolute atomic E-state index is 0.0904. The zero-order chi connectivity index (χ0) is 10.9. The SMILES string of the molecule is CC(N)C(C)c1nc(C(F)(F)F)no1. The molecule has 0 fully saturated rings. The molecule has 1 aromatic heterocycles. The molecule has 0 radical (unpaired) electrons. The average molecular weight is 209 g/mol. The maximum Gasteiger partial charge on any atom is 0.455 e. The fourth-order valence-corrected chi connectivity index (χ4v) is 0.760. The Morgan fingerprint density at radius 1 is 1.36 bits per heavy atom. The van der Waals surface area contributed by atoms with Gasteiger partial charge in [-0.3, -0.25) is 0 Å². The molecule has 0 saturated heterocycles. The van der Waals surface area contributed by atoms with Crippen LogP contribution in [0, 0.1) is 0 Å². The maximum absolute atomic E-state index is 12.0. The van der Waals surface area contributed by atoms with Crippen molar-refractivity contribution >= 4 is 0 Å². The molecule has 7 heteroatoms. The number of hydrogen-bond donors (Lipinski definition) is 1. The molecular formula is C7H10F3N3O. The van der Waals surface area contributed by atoms with E-state index >= 15 is 0 Å². The second kappa shape index (κ2) is 3.56. The van der Waals surface area contributed by atoms with E-state index in [0.717, 1.165) is 0 Å². The summed E-state index contributed by atoms with van der Waals surface area (Å²) >= 11 is 0. The molecule has 80 valence electrons. The highest BCUT2D eigenvalue weighted by Crippen LogP contribution is 2.27.